The molecule has 4 nitrogen and oxygen atoms in total. The highest BCUT2D eigenvalue weighted by atomic mass is 32.2. The van der Waals surface area contributed by atoms with Gasteiger partial charge in [0.25, 0.3) is 0 Å². The number of fused-ring (bicyclic) bond motifs is 3. The zero-order valence-electron chi connectivity index (χ0n) is 13.2. The summed E-state index contributed by atoms with van der Waals surface area (Å²) in [6, 6.07) is 6.17. The van der Waals surface area contributed by atoms with Gasteiger partial charge in [-0.05, 0) is 49.3 Å². The van der Waals surface area contributed by atoms with Crippen LogP contribution in [0.2, 0.25) is 0 Å². The first-order valence-corrected chi connectivity index (χ1v) is 10.1. The molecule has 2 fully saturated rings. The van der Waals surface area contributed by atoms with Crippen molar-refractivity contribution in [3.05, 3.63) is 29.3 Å². The molecule has 0 spiro atoms. The van der Waals surface area contributed by atoms with E-state index in [-0.39, 0.29) is 22.2 Å². The van der Waals surface area contributed by atoms with Crippen molar-refractivity contribution in [2.75, 3.05) is 6.61 Å². The Morgan fingerprint density at radius 2 is 1.91 bits per heavy atom. The van der Waals surface area contributed by atoms with Gasteiger partial charge in [-0.15, -0.1) is 0 Å². The van der Waals surface area contributed by atoms with Gasteiger partial charge in [0.15, 0.2) is 9.84 Å². The Balaban J connectivity index is 1.38. The summed E-state index contributed by atoms with van der Waals surface area (Å²) in [5.74, 6) is 1.16. The molecule has 0 saturated carbocycles. The highest BCUT2D eigenvalue weighted by molar-refractivity contribution is 7.93. The third kappa shape index (κ3) is 2.69. The maximum atomic E-state index is 12.5. The molecule has 2 bridgehead atoms. The molecule has 0 radical (unpaired) electrons. The van der Waals surface area contributed by atoms with Gasteiger partial charge in [-0.3, -0.25) is 4.79 Å². The van der Waals surface area contributed by atoms with Gasteiger partial charge < -0.3 is 4.74 Å². The van der Waals surface area contributed by atoms with E-state index in [0.29, 0.717) is 19.3 Å². The largest absolute Gasteiger partial charge is 0.493 e. The molecule has 4 rings (SSSR count). The SMILES string of the molecule is O=C(CCc1ccc2c(c1)CCO2)C1CC2CCC(C1)S2(=O)=O. The monoisotopic (exact) mass is 334 g/mol. The predicted molar refractivity (Wildman–Crippen MR) is 87.4 cm³/mol. The van der Waals surface area contributed by atoms with Crippen LogP contribution >= 0.6 is 0 Å². The Labute approximate surface area is 137 Å². The van der Waals surface area contributed by atoms with Crippen LogP contribution in [0, 0.1) is 5.92 Å². The van der Waals surface area contributed by atoms with Gasteiger partial charge >= 0.3 is 0 Å². The average Bonchev–Trinajstić information content (AvgIpc) is 3.00. The minimum Gasteiger partial charge on any atom is -0.493 e. The highest BCUT2D eigenvalue weighted by Gasteiger charge is 2.48. The molecule has 3 aliphatic rings. The van der Waals surface area contributed by atoms with Gasteiger partial charge in [-0.1, -0.05) is 12.1 Å². The molecule has 3 heterocycles. The fraction of sp³-hybridized carbons (Fsp3) is 0.611. The molecular weight excluding hydrogens is 312 g/mol. The van der Waals surface area contributed by atoms with E-state index in [1.165, 1.54) is 11.1 Å². The minimum atomic E-state index is -2.94. The van der Waals surface area contributed by atoms with Gasteiger partial charge in [0.1, 0.15) is 11.5 Å². The summed E-state index contributed by atoms with van der Waals surface area (Å²) in [5, 5.41) is -0.514. The third-order valence-corrected chi connectivity index (χ3v) is 8.42. The van der Waals surface area contributed by atoms with Crippen molar-refractivity contribution in [1.82, 2.24) is 0 Å². The van der Waals surface area contributed by atoms with E-state index in [1.807, 2.05) is 12.1 Å². The maximum Gasteiger partial charge on any atom is 0.156 e. The normalized spacial score (nSPS) is 30.7. The standard InChI is InChI=1S/C18H22O4S/c19-17(14-10-15-3-4-16(11-14)23(15,20)21)5-1-12-2-6-18-13(9-12)7-8-22-18/h2,6,9,14-16H,1,3-5,7-8,10-11H2. The first-order valence-electron chi connectivity index (χ1n) is 8.54. The van der Waals surface area contributed by atoms with Crippen LogP contribution < -0.4 is 4.74 Å². The lowest BCUT2D eigenvalue weighted by Gasteiger charge is -2.27. The molecule has 23 heavy (non-hydrogen) atoms. The lowest BCUT2D eigenvalue weighted by Crippen LogP contribution is -2.36. The second kappa shape index (κ2) is 5.62. The lowest BCUT2D eigenvalue weighted by molar-refractivity contribution is -0.123. The van der Waals surface area contributed by atoms with E-state index in [0.717, 1.165) is 38.0 Å². The van der Waals surface area contributed by atoms with Gasteiger partial charge in [0.05, 0.1) is 17.1 Å². The van der Waals surface area contributed by atoms with Crippen molar-refractivity contribution in [2.45, 2.75) is 55.4 Å². The van der Waals surface area contributed by atoms with Crippen LogP contribution in [0.1, 0.15) is 43.2 Å². The summed E-state index contributed by atoms with van der Waals surface area (Å²) < 4.78 is 29.7. The van der Waals surface area contributed by atoms with Crippen LogP contribution in [0.15, 0.2) is 18.2 Å². The predicted octanol–water partition coefficient (Wildman–Crippen LogP) is 2.48. The Morgan fingerprint density at radius 1 is 1.17 bits per heavy atom. The van der Waals surface area contributed by atoms with E-state index < -0.39 is 9.84 Å². The number of hydrogen-bond donors (Lipinski definition) is 0. The van der Waals surface area contributed by atoms with Gasteiger partial charge in [-0.25, -0.2) is 8.42 Å². The zero-order chi connectivity index (χ0) is 16.0. The average molecular weight is 334 g/mol. The molecule has 1 aromatic carbocycles. The summed E-state index contributed by atoms with van der Waals surface area (Å²) in [7, 11) is -2.94. The second-order valence-electron chi connectivity index (χ2n) is 7.09. The summed E-state index contributed by atoms with van der Waals surface area (Å²) >= 11 is 0. The van der Waals surface area contributed by atoms with Crippen LogP contribution in [-0.2, 0) is 27.5 Å². The highest BCUT2D eigenvalue weighted by Crippen LogP contribution is 2.41. The van der Waals surface area contributed by atoms with Crippen LogP contribution in [0.4, 0.5) is 0 Å². The van der Waals surface area contributed by atoms with E-state index in [1.54, 1.807) is 0 Å². The molecule has 124 valence electrons. The third-order valence-electron chi connectivity index (χ3n) is 5.70. The van der Waals surface area contributed by atoms with Crippen LogP contribution in [0.25, 0.3) is 0 Å². The Bertz CT molecular complexity index is 717. The number of benzene rings is 1. The number of rotatable bonds is 4. The molecule has 3 aliphatic heterocycles. The summed E-state index contributed by atoms with van der Waals surface area (Å²) in [5.41, 5.74) is 2.41. The molecule has 2 atom stereocenters. The smallest absolute Gasteiger partial charge is 0.156 e. The van der Waals surface area contributed by atoms with E-state index in [9.17, 15) is 13.2 Å². The van der Waals surface area contributed by atoms with Gasteiger partial charge in [-0.2, -0.15) is 0 Å². The lowest BCUT2D eigenvalue weighted by atomic mass is 9.91. The van der Waals surface area contributed by atoms with Crippen molar-refractivity contribution in [3.63, 3.8) is 0 Å². The summed E-state index contributed by atoms with van der Waals surface area (Å²) in [6.45, 7) is 0.747. The van der Waals surface area contributed by atoms with Gasteiger partial charge in [0, 0.05) is 18.8 Å². The van der Waals surface area contributed by atoms with E-state index >= 15 is 0 Å². The number of ether oxygens (including phenoxy) is 1. The summed E-state index contributed by atoms with van der Waals surface area (Å²) in [6.07, 6.45) is 4.81. The molecule has 0 N–H and O–H groups in total. The van der Waals surface area contributed by atoms with Gasteiger partial charge in [0.2, 0.25) is 0 Å². The van der Waals surface area contributed by atoms with Crippen molar-refractivity contribution in [1.29, 1.82) is 0 Å². The number of aryl methyl sites for hydroxylation is 1. The molecule has 1 aromatic rings. The van der Waals surface area contributed by atoms with Crippen molar-refractivity contribution in [2.24, 2.45) is 5.92 Å². The Hall–Kier alpha value is -1.36. The molecular formula is C18H22O4S. The number of sulfone groups is 1. The topological polar surface area (TPSA) is 60.4 Å². The van der Waals surface area contributed by atoms with Crippen LogP contribution in [0.3, 0.4) is 0 Å². The molecule has 0 amide bonds. The van der Waals surface area contributed by atoms with Crippen molar-refractivity contribution < 1.29 is 17.9 Å². The number of Topliss-reactive ketones (excluding diaryl/α,β-unsaturated/α-hetero) is 1. The van der Waals surface area contributed by atoms with Crippen molar-refractivity contribution in [3.8, 4) is 5.75 Å². The first kappa shape index (κ1) is 15.2. The fourth-order valence-corrected chi connectivity index (χ4v) is 6.81. The van der Waals surface area contributed by atoms with E-state index in [4.69, 9.17) is 4.74 Å². The Kier molecular flexibility index (Phi) is 3.71. The molecule has 2 saturated heterocycles. The quantitative estimate of drug-likeness (QED) is 0.849. The van der Waals surface area contributed by atoms with Crippen LogP contribution in [0.5, 0.6) is 5.75 Å². The molecule has 0 aliphatic carbocycles. The molecule has 0 aromatic heterocycles. The number of carbonyl (C=O) groups is 1. The first-order chi connectivity index (χ1) is 11.0. The number of carbonyl (C=O) groups excluding carboxylic acids is 1. The minimum absolute atomic E-state index is 0.0474. The summed E-state index contributed by atoms with van der Waals surface area (Å²) in [4.78, 5) is 12.5. The van der Waals surface area contributed by atoms with Crippen molar-refractivity contribution >= 4 is 15.6 Å². The molecule has 2 unspecified atom stereocenters. The molecule has 5 heteroatoms. The second-order valence-corrected chi connectivity index (χ2v) is 9.60. The van der Waals surface area contributed by atoms with E-state index in [2.05, 4.69) is 6.07 Å². The number of ketones is 1. The zero-order valence-corrected chi connectivity index (χ0v) is 14.0. The Morgan fingerprint density at radius 3 is 2.65 bits per heavy atom. The van der Waals surface area contributed by atoms with Crippen LogP contribution in [-0.4, -0.2) is 31.3 Å². The number of hydrogen-bond acceptors (Lipinski definition) is 4. The maximum absolute atomic E-state index is 12.5. The fourth-order valence-electron chi connectivity index (χ4n) is 4.34.